The van der Waals surface area contributed by atoms with Gasteiger partial charge < -0.3 is 19.9 Å². The van der Waals surface area contributed by atoms with E-state index in [1.807, 2.05) is 19.1 Å². The summed E-state index contributed by atoms with van der Waals surface area (Å²) in [6, 6.07) is 11.5. The third kappa shape index (κ3) is 5.51. The van der Waals surface area contributed by atoms with Crippen molar-refractivity contribution in [2.24, 2.45) is 5.73 Å². The number of thiocarbonyl (C=S) groups is 1. The van der Waals surface area contributed by atoms with Crippen LogP contribution in [-0.2, 0) is 0 Å². The molecule has 6 heteroatoms. The third-order valence-corrected chi connectivity index (χ3v) is 4.26. The molecule has 2 rings (SSSR count). The number of hydrogen-bond donors (Lipinski definition) is 1. The SMILES string of the molecule is CCOc1cc(C(N)=S)cc(Cl)c1OCCOc1ccc(C(C)C)cc1. The predicted molar refractivity (Wildman–Crippen MR) is 110 cm³/mol. The van der Waals surface area contributed by atoms with Gasteiger partial charge in [0.15, 0.2) is 11.5 Å². The minimum atomic E-state index is 0.257. The summed E-state index contributed by atoms with van der Waals surface area (Å²) in [5.41, 5.74) is 7.59. The van der Waals surface area contributed by atoms with E-state index in [-0.39, 0.29) is 4.99 Å². The number of halogens is 1. The highest BCUT2D eigenvalue weighted by atomic mass is 35.5. The first-order valence-electron chi connectivity index (χ1n) is 8.54. The second-order valence-electron chi connectivity index (χ2n) is 6.00. The van der Waals surface area contributed by atoms with Gasteiger partial charge in [-0.3, -0.25) is 0 Å². The molecule has 0 aliphatic rings. The van der Waals surface area contributed by atoms with Gasteiger partial charge in [-0.15, -0.1) is 0 Å². The van der Waals surface area contributed by atoms with E-state index < -0.39 is 0 Å². The van der Waals surface area contributed by atoms with Gasteiger partial charge >= 0.3 is 0 Å². The first kappa shape index (κ1) is 20.3. The van der Waals surface area contributed by atoms with Crippen molar-refractivity contribution in [2.45, 2.75) is 26.7 Å². The van der Waals surface area contributed by atoms with Crippen molar-refractivity contribution in [3.63, 3.8) is 0 Å². The number of hydrogen-bond acceptors (Lipinski definition) is 4. The molecule has 0 unspecified atom stereocenters. The van der Waals surface area contributed by atoms with E-state index >= 15 is 0 Å². The van der Waals surface area contributed by atoms with Crippen LogP contribution in [0.25, 0.3) is 0 Å². The molecule has 0 spiro atoms. The molecular formula is C20H24ClNO3S. The van der Waals surface area contributed by atoms with Crippen LogP contribution in [0.2, 0.25) is 5.02 Å². The van der Waals surface area contributed by atoms with Crippen LogP contribution in [0, 0.1) is 0 Å². The lowest BCUT2D eigenvalue weighted by Gasteiger charge is -2.15. The molecule has 0 saturated heterocycles. The van der Waals surface area contributed by atoms with E-state index in [1.165, 1.54) is 5.56 Å². The van der Waals surface area contributed by atoms with Crippen molar-refractivity contribution < 1.29 is 14.2 Å². The molecule has 0 aliphatic carbocycles. The first-order chi connectivity index (χ1) is 12.4. The van der Waals surface area contributed by atoms with Crippen LogP contribution in [0.3, 0.4) is 0 Å². The largest absolute Gasteiger partial charge is 0.490 e. The summed E-state index contributed by atoms with van der Waals surface area (Å²) in [4.78, 5) is 0.257. The third-order valence-electron chi connectivity index (χ3n) is 3.74. The van der Waals surface area contributed by atoms with E-state index in [4.69, 9.17) is 43.8 Å². The minimum absolute atomic E-state index is 0.257. The second-order valence-corrected chi connectivity index (χ2v) is 6.85. The van der Waals surface area contributed by atoms with Crippen LogP contribution < -0.4 is 19.9 Å². The first-order valence-corrected chi connectivity index (χ1v) is 9.32. The van der Waals surface area contributed by atoms with Gasteiger partial charge in [-0.25, -0.2) is 0 Å². The Labute approximate surface area is 165 Å². The van der Waals surface area contributed by atoms with Gasteiger partial charge in [-0.1, -0.05) is 49.8 Å². The van der Waals surface area contributed by atoms with Gasteiger partial charge in [0.2, 0.25) is 0 Å². The molecule has 2 aromatic rings. The van der Waals surface area contributed by atoms with Crippen molar-refractivity contribution >= 4 is 28.8 Å². The summed E-state index contributed by atoms with van der Waals surface area (Å²) in [6.45, 7) is 7.40. The van der Waals surface area contributed by atoms with Crippen molar-refractivity contribution in [3.05, 3.63) is 52.5 Å². The van der Waals surface area contributed by atoms with Crippen LogP contribution in [-0.4, -0.2) is 24.8 Å². The Bertz CT molecular complexity index is 747. The molecule has 2 N–H and O–H groups in total. The molecule has 0 heterocycles. The molecule has 0 atom stereocenters. The molecule has 26 heavy (non-hydrogen) atoms. The van der Waals surface area contributed by atoms with Crippen molar-refractivity contribution in [1.29, 1.82) is 0 Å². The molecule has 0 aromatic heterocycles. The molecule has 0 fully saturated rings. The second kappa shape index (κ2) is 9.64. The summed E-state index contributed by atoms with van der Waals surface area (Å²) in [5.74, 6) is 2.28. The molecular weight excluding hydrogens is 370 g/mol. The lowest BCUT2D eigenvalue weighted by atomic mass is 10.0. The van der Waals surface area contributed by atoms with Gasteiger partial charge in [0.05, 0.1) is 11.6 Å². The normalized spacial score (nSPS) is 10.7. The summed E-state index contributed by atoms with van der Waals surface area (Å²) in [6.07, 6.45) is 0. The van der Waals surface area contributed by atoms with Gasteiger partial charge in [-0.2, -0.15) is 0 Å². The highest BCUT2D eigenvalue weighted by Gasteiger charge is 2.14. The number of ether oxygens (including phenoxy) is 3. The highest BCUT2D eigenvalue weighted by molar-refractivity contribution is 7.80. The Hall–Kier alpha value is -1.98. The lowest BCUT2D eigenvalue weighted by Crippen LogP contribution is -2.12. The smallest absolute Gasteiger partial charge is 0.179 e. The summed E-state index contributed by atoms with van der Waals surface area (Å²) in [7, 11) is 0. The van der Waals surface area contributed by atoms with E-state index in [2.05, 4.69) is 26.0 Å². The maximum absolute atomic E-state index is 6.30. The zero-order valence-electron chi connectivity index (χ0n) is 15.3. The maximum atomic E-state index is 6.30. The molecule has 140 valence electrons. The molecule has 0 bridgehead atoms. The summed E-state index contributed by atoms with van der Waals surface area (Å²) < 4.78 is 17.1. The lowest BCUT2D eigenvalue weighted by molar-refractivity contribution is 0.208. The van der Waals surface area contributed by atoms with Gasteiger partial charge in [0, 0.05) is 5.56 Å². The minimum Gasteiger partial charge on any atom is -0.490 e. The number of benzene rings is 2. The molecule has 0 aliphatic heterocycles. The fourth-order valence-electron chi connectivity index (χ4n) is 2.37. The monoisotopic (exact) mass is 393 g/mol. The topological polar surface area (TPSA) is 53.7 Å². The molecule has 0 radical (unpaired) electrons. The van der Waals surface area contributed by atoms with Crippen molar-refractivity contribution in [3.8, 4) is 17.2 Å². The zero-order valence-corrected chi connectivity index (χ0v) is 16.8. The van der Waals surface area contributed by atoms with E-state index in [0.29, 0.717) is 47.8 Å². The number of nitrogens with two attached hydrogens (primary N) is 1. The fraction of sp³-hybridized carbons (Fsp3) is 0.350. The Morgan fingerprint density at radius 2 is 1.73 bits per heavy atom. The van der Waals surface area contributed by atoms with Crippen LogP contribution >= 0.6 is 23.8 Å². The van der Waals surface area contributed by atoms with Crippen molar-refractivity contribution in [1.82, 2.24) is 0 Å². The summed E-state index contributed by atoms with van der Waals surface area (Å²) >= 11 is 11.3. The molecule has 4 nitrogen and oxygen atoms in total. The number of rotatable bonds is 9. The fourth-order valence-corrected chi connectivity index (χ4v) is 2.75. The maximum Gasteiger partial charge on any atom is 0.179 e. The van der Waals surface area contributed by atoms with E-state index in [0.717, 1.165) is 5.75 Å². The van der Waals surface area contributed by atoms with E-state index in [9.17, 15) is 0 Å². The van der Waals surface area contributed by atoms with Crippen LogP contribution in [0.4, 0.5) is 0 Å². The quantitative estimate of drug-likeness (QED) is 0.482. The Balaban J connectivity index is 1.97. The molecule has 2 aromatic carbocycles. The van der Waals surface area contributed by atoms with Gasteiger partial charge in [0.1, 0.15) is 24.0 Å². The zero-order chi connectivity index (χ0) is 19.1. The molecule has 0 amide bonds. The van der Waals surface area contributed by atoms with Crippen molar-refractivity contribution in [2.75, 3.05) is 19.8 Å². The average Bonchev–Trinajstić information content (AvgIpc) is 2.60. The molecule has 0 saturated carbocycles. The average molecular weight is 394 g/mol. The van der Waals surface area contributed by atoms with Crippen LogP contribution in [0.1, 0.15) is 37.8 Å². The summed E-state index contributed by atoms with van der Waals surface area (Å²) in [5, 5.41) is 0.403. The Kier molecular flexibility index (Phi) is 7.54. The Morgan fingerprint density at radius 1 is 1.08 bits per heavy atom. The van der Waals surface area contributed by atoms with Gasteiger partial charge in [-0.05, 0) is 42.7 Å². The predicted octanol–water partition coefficient (Wildman–Crippen LogP) is 4.95. The van der Waals surface area contributed by atoms with Gasteiger partial charge in [0.25, 0.3) is 0 Å². The van der Waals surface area contributed by atoms with Crippen LogP contribution in [0.15, 0.2) is 36.4 Å². The highest BCUT2D eigenvalue weighted by Crippen LogP contribution is 2.36. The standard InChI is InChI=1S/C20H24ClNO3S/c1-4-23-18-12-15(20(22)26)11-17(21)19(18)25-10-9-24-16-7-5-14(6-8-16)13(2)3/h5-8,11-13H,4,9-10H2,1-3H3,(H2,22,26). The van der Waals surface area contributed by atoms with E-state index in [1.54, 1.807) is 12.1 Å². The Morgan fingerprint density at radius 3 is 2.31 bits per heavy atom. The van der Waals surface area contributed by atoms with Crippen LogP contribution in [0.5, 0.6) is 17.2 Å².